The Labute approximate surface area is 193 Å². The molecule has 7 nitrogen and oxygen atoms in total. The van der Waals surface area contributed by atoms with Crippen LogP contribution < -0.4 is 9.64 Å². The average molecular weight is 452 g/mol. The second kappa shape index (κ2) is 10.1. The molecule has 1 amide bonds. The Morgan fingerprint density at radius 2 is 1.84 bits per heavy atom. The molecule has 168 valence electrons. The van der Waals surface area contributed by atoms with Crippen molar-refractivity contribution in [1.29, 1.82) is 0 Å². The SMILES string of the molecule is CCOc1ccccc1N1CCN(C(=O)CSc2nncn2-c2ccc(C)c(C)c2)CC1. The van der Waals surface area contributed by atoms with E-state index in [1.807, 2.05) is 34.6 Å². The highest BCUT2D eigenvalue weighted by atomic mass is 32.2. The molecule has 0 aliphatic carbocycles. The zero-order chi connectivity index (χ0) is 22.5. The lowest BCUT2D eigenvalue weighted by atomic mass is 10.1. The van der Waals surface area contributed by atoms with Crippen LogP contribution in [0, 0.1) is 13.8 Å². The number of thioether (sulfide) groups is 1. The second-order valence-electron chi connectivity index (χ2n) is 7.81. The van der Waals surface area contributed by atoms with Gasteiger partial charge in [0, 0.05) is 31.9 Å². The third-order valence-electron chi connectivity index (χ3n) is 5.75. The summed E-state index contributed by atoms with van der Waals surface area (Å²) >= 11 is 1.43. The number of benzene rings is 2. The van der Waals surface area contributed by atoms with Crippen LogP contribution in [-0.2, 0) is 4.79 Å². The molecular weight excluding hydrogens is 422 g/mol. The number of piperazine rings is 1. The Morgan fingerprint density at radius 1 is 1.06 bits per heavy atom. The molecule has 0 bridgehead atoms. The van der Waals surface area contributed by atoms with Crippen LogP contribution in [0.4, 0.5) is 5.69 Å². The minimum absolute atomic E-state index is 0.127. The van der Waals surface area contributed by atoms with Gasteiger partial charge in [-0.1, -0.05) is 30.0 Å². The monoisotopic (exact) mass is 451 g/mol. The number of carbonyl (C=O) groups is 1. The van der Waals surface area contributed by atoms with E-state index in [1.165, 1.54) is 22.9 Å². The maximum Gasteiger partial charge on any atom is 0.233 e. The first kappa shape index (κ1) is 22.2. The van der Waals surface area contributed by atoms with E-state index in [2.05, 4.69) is 53.2 Å². The summed E-state index contributed by atoms with van der Waals surface area (Å²) in [6.07, 6.45) is 1.70. The van der Waals surface area contributed by atoms with Crippen molar-refractivity contribution in [2.45, 2.75) is 25.9 Å². The normalized spacial score (nSPS) is 14.0. The third-order valence-corrected chi connectivity index (χ3v) is 6.68. The first-order valence-corrected chi connectivity index (χ1v) is 11.9. The van der Waals surface area contributed by atoms with Crippen LogP contribution in [0.15, 0.2) is 53.9 Å². The molecule has 3 aromatic rings. The molecule has 1 aliphatic heterocycles. The van der Waals surface area contributed by atoms with E-state index in [9.17, 15) is 4.79 Å². The number of ether oxygens (including phenoxy) is 1. The van der Waals surface area contributed by atoms with Crippen LogP contribution in [0.3, 0.4) is 0 Å². The number of amides is 1. The van der Waals surface area contributed by atoms with E-state index in [1.54, 1.807) is 6.33 Å². The molecular formula is C24H29N5O2S. The lowest BCUT2D eigenvalue weighted by molar-refractivity contribution is -0.128. The number of aromatic nitrogens is 3. The fourth-order valence-corrected chi connectivity index (χ4v) is 4.62. The molecule has 32 heavy (non-hydrogen) atoms. The minimum Gasteiger partial charge on any atom is -0.492 e. The van der Waals surface area contributed by atoms with E-state index < -0.39 is 0 Å². The Bertz CT molecular complexity index is 1080. The van der Waals surface area contributed by atoms with Crippen LogP contribution in [0.1, 0.15) is 18.1 Å². The molecule has 1 fully saturated rings. The molecule has 2 aromatic carbocycles. The zero-order valence-corrected chi connectivity index (χ0v) is 19.6. The molecule has 1 aromatic heterocycles. The molecule has 2 heterocycles. The standard InChI is InChI=1S/C24H29N5O2S/c1-4-31-22-8-6-5-7-21(22)27-11-13-28(14-12-27)23(30)16-32-24-26-25-17-29(24)20-10-9-18(2)19(3)15-20/h5-10,15,17H,4,11-14,16H2,1-3H3. The largest absolute Gasteiger partial charge is 0.492 e. The van der Waals surface area contributed by atoms with E-state index in [4.69, 9.17) is 4.74 Å². The molecule has 0 radical (unpaired) electrons. The van der Waals surface area contributed by atoms with Crippen LogP contribution in [-0.4, -0.2) is 64.1 Å². The molecule has 0 N–H and O–H groups in total. The van der Waals surface area contributed by atoms with Crippen molar-refractivity contribution in [3.8, 4) is 11.4 Å². The maximum atomic E-state index is 12.9. The lowest BCUT2D eigenvalue weighted by Gasteiger charge is -2.36. The fourth-order valence-electron chi connectivity index (χ4n) is 3.79. The van der Waals surface area contributed by atoms with Crippen LogP contribution >= 0.6 is 11.8 Å². The summed E-state index contributed by atoms with van der Waals surface area (Å²) in [5.41, 5.74) is 4.56. The minimum atomic E-state index is 0.127. The molecule has 8 heteroatoms. The molecule has 0 unspecified atom stereocenters. The summed E-state index contributed by atoms with van der Waals surface area (Å²) in [6.45, 7) is 9.79. The van der Waals surface area contributed by atoms with E-state index in [0.717, 1.165) is 35.4 Å². The summed E-state index contributed by atoms with van der Waals surface area (Å²) < 4.78 is 7.70. The highest BCUT2D eigenvalue weighted by molar-refractivity contribution is 7.99. The average Bonchev–Trinajstić information content (AvgIpc) is 3.29. The number of rotatable bonds is 7. The van der Waals surface area contributed by atoms with Crippen LogP contribution in [0.2, 0.25) is 0 Å². The van der Waals surface area contributed by atoms with Gasteiger partial charge in [-0.05, 0) is 56.2 Å². The number of para-hydroxylation sites is 2. The van der Waals surface area contributed by atoms with Gasteiger partial charge in [-0.25, -0.2) is 0 Å². The number of aryl methyl sites for hydroxylation is 2. The quantitative estimate of drug-likeness (QED) is 0.510. The van der Waals surface area contributed by atoms with Gasteiger partial charge in [0.15, 0.2) is 5.16 Å². The summed E-state index contributed by atoms with van der Waals surface area (Å²) in [6, 6.07) is 14.4. The summed E-state index contributed by atoms with van der Waals surface area (Å²) in [4.78, 5) is 17.1. The molecule has 1 saturated heterocycles. The highest BCUT2D eigenvalue weighted by Crippen LogP contribution is 2.29. The predicted molar refractivity (Wildman–Crippen MR) is 128 cm³/mol. The summed E-state index contributed by atoms with van der Waals surface area (Å²) in [7, 11) is 0. The first-order chi connectivity index (χ1) is 15.6. The van der Waals surface area contributed by atoms with Gasteiger partial charge in [-0.2, -0.15) is 0 Å². The number of hydrogen-bond acceptors (Lipinski definition) is 6. The molecule has 0 atom stereocenters. The van der Waals surface area contributed by atoms with Gasteiger partial charge in [-0.3, -0.25) is 9.36 Å². The van der Waals surface area contributed by atoms with Crippen molar-refractivity contribution < 1.29 is 9.53 Å². The van der Waals surface area contributed by atoms with Crippen molar-refractivity contribution >= 4 is 23.4 Å². The third kappa shape index (κ3) is 4.91. The zero-order valence-electron chi connectivity index (χ0n) is 18.8. The summed E-state index contributed by atoms with van der Waals surface area (Å²) in [5, 5.41) is 9.01. The van der Waals surface area contributed by atoms with Gasteiger partial charge in [-0.15, -0.1) is 10.2 Å². The van der Waals surface area contributed by atoms with Crippen molar-refractivity contribution in [1.82, 2.24) is 19.7 Å². The predicted octanol–water partition coefficient (Wildman–Crippen LogP) is 3.72. The van der Waals surface area contributed by atoms with Crippen molar-refractivity contribution in [3.63, 3.8) is 0 Å². The van der Waals surface area contributed by atoms with Gasteiger partial charge >= 0.3 is 0 Å². The topological polar surface area (TPSA) is 63.5 Å². The van der Waals surface area contributed by atoms with Gasteiger partial charge in [0.1, 0.15) is 12.1 Å². The fraction of sp³-hybridized carbons (Fsp3) is 0.375. The second-order valence-corrected chi connectivity index (χ2v) is 8.75. The molecule has 4 rings (SSSR count). The van der Waals surface area contributed by atoms with Crippen molar-refractivity contribution in [2.24, 2.45) is 0 Å². The Hall–Kier alpha value is -3.00. The molecule has 0 spiro atoms. The molecule has 0 saturated carbocycles. The Kier molecular flexibility index (Phi) is 6.99. The van der Waals surface area contributed by atoms with E-state index >= 15 is 0 Å². The van der Waals surface area contributed by atoms with Crippen LogP contribution in [0.5, 0.6) is 5.75 Å². The van der Waals surface area contributed by atoms with Crippen molar-refractivity contribution in [3.05, 3.63) is 59.9 Å². The highest BCUT2D eigenvalue weighted by Gasteiger charge is 2.23. The number of hydrogen-bond donors (Lipinski definition) is 0. The Balaban J connectivity index is 1.34. The maximum absolute atomic E-state index is 12.9. The van der Waals surface area contributed by atoms with Gasteiger partial charge in [0.25, 0.3) is 0 Å². The lowest BCUT2D eigenvalue weighted by Crippen LogP contribution is -2.49. The smallest absolute Gasteiger partial charge is 0.233 e. The van der Waals surface area contributed by atoms with Gasteiger partial charge in [0.2, 0.25) is 5.91 Å². The van der Waals surface area contributed by atoms with Gasteiger partial charge < -0.3 is 14.5 Å². The van der Waals surface area contributed by atoms with E-state index in [-0.39, 0.29) is 5.91 Å². The number of anilines is 1. The first-order valence-electron chi connectivity index (χ1n) is 10.9. The Morgan fingerprint density at radius 3 is 2.59 bits per heavy atom. The van der Waals surface area contributed by atoms with Crippen molar-refractivity contribution in [2.75, 3.05) is 43.4 Å². The number of carbonyl (C=O) groups excluding carboxylic acids is 1. The number of nitrogens with zero attached hydrogens (tertiary/aromatic N) is 5. The summed E-state index contributed by atoms with van der Waals surface area (Å²) in [5.74, 6) is 1.37. The van der Waals surface area contributed by atoms with E-state index in [0.29, 0.717) is 25.4 Å². The van der Waals surface area contributed by atoms with Gasteiger partial charge in [0.05, 0.1) is 18.0 Å². The van der Waals surface area contributed by atoms with Crippen LogP contribution in [0.25, 0.3) is 5.69 Å². The molecule has 1 aliphatic rings.